The minimum atomic E-state index is 0.401. The number of para-hydroxylation sites is 2. The third-order valence-electron chi connectivity index (χ3n) is 10.2. The van der Waals surface area contributed by atoms with Crippen LogP contribution in [-0.4, -0.2) is 39.9 Å². The first kappa shape index (κ1) is 34.0. The zero-order valence-electron chi connectivity index (χ0n) is 31.3. The third-order valence-corrected chi connectivity index (χ3v) is 10.2. The Morgan fingerprint density at radius 1 is 0.339 bits per heavy atom. The van der Waals surface area contributed by atoms with Crippen LogP contribution in [0.15, 0.2) is 187 Å². The van der Waals surface area contributed by atoms with Crippen LogP contribution in [0.4, 0.5) is 0 Å². The summed E-state index contributed by atoms with van der Waals surface area (Å²) in [5.41, 5.74) is 11.7. The van der Waals surface area contributed by atoms with E-state index in [-0.39, 0.29) is 0 Å². The maximum absolute atomic E-state index is 6.32. The number of pyridine rings is 3. The summed E-state index contributed by atoms with van der Waals surface area (Å²) in [5.74, 6) is 1.41. The van der Waals surface area contributed by atoms with E-state index in [2.05, 4.69) is 29.2 Å². The molecule has 9 heteroatoms. The molecule has 11 rings (SSSR count). The van der Waals surface area contributed by atoms with Crippen LogP contribution in [0.25, 0.3) is 112 Å². The molecule has 0 N–H and O–H groups in total. The number of hydrogen-bond acceptors (Lipinski definition) is 9. The zero-order valence-corrected chi connectivity index (χ0v) is 31.3. The molecular weight excluding hydrogens is 729 g/mol. The first-order valence-corrected chi connectivity index (χ1v) is 19.1. The molecule has 59 heavy (non-hydrogen) atoms. The van der Waals surface area contributed by atoms with Crippen LogP contribution in [0.1, 0.15) is 0 Å². The van der Waals surface area contributed by atoms with E-state index in [0.29, 0.717) is 34.3 Å². The molecule has 6 aromatic heterocycles. The Bertz CT molecular complexity index is 3130. The van der Waals surface area contributed by atoms with Crippen molar-refractivity contribution in [2.24, 2.45) is 0 Å². The fourth-order valence-electron chi connectivity index (χ4n) is 7.29. The molecule has 11 aromatic rings. The molecule has 0 radical (unpaired) electrons. The fourth-order valence-corrected chi connectivity index (χ4v) is 7.29. The van der Waals surface area contributed by atoms with Gasteiger partial charge in [-0.2, -0.15) is 4.98 Å². The van der Waals surface area contributed by atoms with Crippen LogP contribution in [-0.2, 0) is 0 Å². The Morgan fingerprint density at radius 2 is 0.814 bits per heavy atom. The first-order chi connectivity index (χ1) is 29.2. The molecule has 9 nitrogen and oxygen atoms in total. The van der Waals surface area contributed by atoms with Crippen molar-refractivity contribution in [3.8, 4) is 79.3 Å². The molecule has 0 aliphatic rings. The second kappa shape index (κ2) is 14.3. The van der Waals surface area contributed by atoms with Gasteiger partial charge >= 0.3 is 0 Å². The number of fused-ring (bicyclic) bond motifs is 3. The number of oxazole rings is 1. The lowest BCUT2D eigenvalue weighted by Crippen LogP contribution is -1.99. The lowest BCUT2D eigenvalue weighted by molar-refractivity contribution is 0.619. The predicted octanol–water partition coefficient (Wildman–Crippen LogP) is 11.6. The van der Waals surface area contributed by atoms with Gasteiger partial charge in [0.2, 0.25) is 5.89 Å². The summed E-state index contributed by atoms with van der Waals surface area (Å²) in [7, 11) is 0. The smallest absolute Gasteiger partial charge is 0.228 e. The minimum Gasteiger partial charge on any atom is -0.434 e. The van der Waals surface area contributed by atoms with Crippen molar-refractivity contribution in [3.63, 3.8) is 0 Å². The molecule has 0 fully saturated rings. The van der Waals surface area contributed by atoms with E-state index in [1.807, 2.05) is 152 Å². The highest BCUT2D eigenvalue weighted by molar-refractivity contribution is 5.86. The molecule has 0 aliphatic heterocycles. The van der Waals surface area contributed by atoms with Gasteiger partial charge in [0.05, 0.1) is 33.8 Å². The minimum absolute atomic E-state index is 0.401. The van der Waals surface area contributed by atoms with Crippen LogP contribution in [0.3, 0.4) is 0 Å². The summed E-state index contributed by atoms with van der Waals surface area (Å²) in [6, 6.07) is 54.3. The second-order valence-corrected chi connectivity index (χ2v) is 14.1. The highest BCUT2D eigenvalue weighted by Gasteiger charge is 2.19. The Labute approximate surface area is 337 Å². The lowest BCUT2D eigenvalue weighted by Gasteiger charge is -2.13. The summed E-state index contributed by atoms with van der Waals surface area (Å²) in [4.78, 5) is 39.6. The average Bonchev–Trinajstić information content (AvgIpc) is 3.76. The van der Waals surface area contributed by atoms with Crippen molar-refractivity contribution in [2.75, 3.05) is 0 Å². The molecule has 6 heterocycles. The molecule has 0 saturated carbocycles. The van der Waals surface area contributed by atoms with Crippen molar-refractivity contribution in [1.82, 2.24) is 39.9 Å². The van der Waals surface area contributed by atoms with Gasteiger partial charge in [-0.05, 0) is 66.7 Å². The van der Waals surface area contributed by atoms with E-state index >= 15 is 0 Å². The fraction of sp³-hybridized carbons (Fsp3) is 0. The van der Waals surface area contributed by atoms with E-state index < -0.39 is 0 Å². The molecular formula is C50H30N8O. The zero-order chi connectivity index (χ0) is 39.1. The Hall–Kier alpha value is -8.30. The van der Waals surface area contributed by atoms with Crippen LogP contribution in [0, 0.1) is 0 Å². The highest BCUT2D eigenvalue weighted by atomic mass is 16.3. The predicted molar refractivity (Wildman–Crippen MR) is 232 cm³/mol. The Kier molecular flexibility index (Phi) is 8.25. The topological polar surface area (TPSA) is 116 Å². The first-order valence-electron chi connectivity index (χ1n) is 19.1. The molecule has 0 atom stereocenters. The van der Waals surface area contributed by atoms with Gasteiger partial charge < -0.3 is 4.42 Å². The molecule has 0 bridgehead atoms. The van der Waals surface area contributed by atoms with Gasteiger partial charge in [0.1, 0.15) is 0 Å². The second-order valence-electron chi connectivity index (χ2n) is 14.1. The van der Waals surface area contributed by atoms with Crippen molar-refractivity contribution >= 4 is 33.0 Å². The van der Waals surface area contributed by atoms with Crippen molar-refractivity contribution < 1.29 is 4.42 Å². The summed E-state index contributed by atoms with van der Waals surface area (Å²) in [6.07, 6.45) is 5.43. The number of nitrogens with zero attached hydrogens (tertiary/aromatic N) is 8. The van der Waals surface area contributed by atoms with Crippen LogP contribution in [0.2, 0.25) is 0 Å². The maximum atomic E-state index is 6.32. The van der Waals surface area contributed by atoms with Gasteiger partial charge in [0.15, 0.2) is 22.9 Å². The quantitative estimate of drug-likeness (QED) is 0.156. The summed E-state index contributed by atoms with van der Waals surface area (Å²) < 4.78 is 6.32. The summed E-state index contributed by atoms with van der Waals surface area (Å²) in [6.45, 7) is 0. The van der Waals surface area contributed by atoms with E-state index in [0.717, 1.165) is 78.0 Å². The highest BCUT2D eigenvalue weighted by Crippen LogP contribution is 2.36. The van der Waals surface area contributed by atoms with Crippen molar-refractivity contribution in [2.45, 2.75) is 0 Å². The summed E-state index contributed by atoms with van der Waals surface area (Å²) in [5, 5.41) is 2.04. The average molecular weight is 759 g/mol. The molecule has 5 aromatic carbocycles. The van der Waals surface area contributed by atoms with Gasteiger partial charge in [-0.25, -0.2) is 24.9 Å². The van der Waals surface area contributed by atoms with Gasteiger partial charge in [-0.15, -0.1) is 0 Å². The SMILES string of the molecule is c1ccc(-c2cc(-c3cnc4ccccc4c3)nc(-c3cc(-c4nc(-c5ccccc5)cc(-c5cnc6ccccc6c5)n4)cc(-c4nc5ncccc5o4)c3)n2)cc1. The Morgan fingerprint density at radius 3 is 1.34 bits per heavy atom. The van der Waals surface area contributed by atoms with E-state index in [9.17, 15) is 0 Å². The van der Waals surface area contributed by atoms with Gasteiger partial charge in [-0.1, -0.05) is 97.1 Å². The van der Waals surface area contributed by atoms with E-state index in [1.165, 1.54) is 0 Å². The maximum Gasteiger partial charge on any atom is 0.228 e. The molecule has 0 aliphatic carbocycles. The third kappa shape index (κ3) is 6.62. The standard InChI is InChI=1S/C50H30N8O/c1-3-12-31(13-4-1)42-27-44(38-22-33-16-7-9-18-40(33)52-29-38)56-47(54-42)35-24-36(26-37(25-35)50-58-49-46(59-50)20-11-21-51-49)48-55-43(32-14-5-2-6-15-32)28-45(57-48)39-23-34-17-8-10-19-41(34)53-30-39/h1-30H. The lowest BCUT2D eigenvalue weighted by atomic mass is 10.0. The van der Waals surface area contributed by atoms with Gasteiger partial charge in [0.25, 0.3) is 0 Å². The molecule has 276 valence electrons. The van der Waals surface area contributed by atoms with Gasteiger partial charge in [0, 0.05) is 68.3 Å². The molecule has 0 unspecified atom stereocenters. The van der Waals surface area contributed by atoms with Crippen LogP contribution in [0.5, 0.6) is 0 Å². The monoisotopic (exact) mass is 758 g/mol. The van der Waals surface area contributed by atoms with Crippen LogP contribution >= 0.6 is 0 Å². The van der Waals surface area contributed by atoms with E-state index in [1.54, 1.807) is 6.20 Å². The van der Waals surface area contributed by atoms with Crippen molar-refractivity contribution in [1.29, 1.82) is 0 Å². The number of hydrogen-bond donors (Lipinski definition) is 0. The number of aromatic nitrogens is 8. The molecule has 0 spiro atoms. The Balaban J connectivity index is 1.15. The molecule has 0 amide bonds. The largest absolute Gasteiger partial charge is 0.434 e. The molecule has 0 saturated heterocycles. The summed E-state index contributed by atoms with van der Waals surface area (Å²) >= 11 is 0. The van der Waals surface area contributed by atoms with Gasteiger partial charge in [-0.3, -0.25) is 9.97 Å². The normalized spacial score (nSPS) is 11.4. The van der Waals surface area contributed by atoms with Crippen molar-refractivity contribution in [3.05, 3.63) is 182 Å². The number of benzene rings is 5. The van der Waals surface area contributed by atoms with E-state index in [4.69, 9.17) is 39.3 Å². The number of rotatable bonds is 7. The van der Waals surface area contributed by atoms with Crippen LogP contribution < -0.4 is 0 Å².